The molecule has 21 heavy (non-hydrogen) atoms. The smallest absolute Gasteiger partial charge is 0.265 e. The lowest BCUT2D eigenvalue weighted by atomic mass is 9.97. The number of hydrogen-bond acceptors (Lipinski definition) is 4. The molecule has 0 radical (unpaired) electrons. The van der Waals surface area contributed by atoms with Crippen molar-refractivity contribution in [3.05, 3.63) is 33.8 Å². The highest BCUT2D eigenvalue weighted by molar-refractivity contribution is 7.11. The van der Waals surface area contributed by atoms with E-state index in [1.807, 2.05) is 32.0 Å². The van der Waals surface area contributed by atoms with E-state index in [4.69, 9.17) is 0 Å². The quantitative estimate of drug-likeness (QED) is 0.856. The van der Waals surface area contributed by atoms with Crippen LogP contribution in [0.15, 0.2) is 11.7 Å². The number of amides is 1. The molecule has 1 saturated heterocycles. The van der Waals surface area contributed by atoms with Gasteiger partial charge in [0, 0.05) is 32.3 Å². The Morgan fingerprint density at radius 2 is 2.24 bits per heavy atom. The van der Waals surface area contributed by atoms with Crippen LogP contribution in [0.25, 0.3) is 0 Å². The van der Waals surface area contributed by atoms with Crippen LogP contribution in [0.5, 0.6) is 0 Å². The van der Waals surface area contributed by atoms with Gasteiger partial charge in [-0.1, -0.05) is 0 Å². The van der Waals surface area contributed by atoms with E-state index in [0.29, 0.717) is 5.92 Å². The van der Waals surface area contributed by atoms with Crippen molar-refractivity contribution in [2.75, 3.05) is 13.1 Å². The van der Waals surface area contributed by atoms with E-state index < -0.39 is 0 Å². The fourth-order valence-corrected chi connectivity index (χ4v) is 3.81. The first kappa shape index (κ1) is 14.3. The monoisotopic (exact) mass is 304 g/mol. The second-order valence-electron chi connectivity index (χ2n) is 5.71. The van der Waals surface area contributed by atoms with Crippen molar-refractivity contribution in [2.45, 2.75) is 32.6 Å². The zero-order valence-corrected chi connectivity index (χ0v) is 13.5. The van der Waals surface area contributed by atoms with E-state index in [9.17, 15) is 4.79 Å². The summed E-state index contributed by atoms with van der Waals surface area (Å²) < 4.78 is 2.09. The van der Waals surface area contributed by atoms with Gasteiger partial charge >= 0.3 is 0 Å². The van der Waals surface area contributed by atoms with Gasteiger partial charge in [0.25, 0.3) is 5.91 Å². The van der Waals surface area contributed by atoms with Crippen LogP contribution in [-0.4, -0.2) is 38.4 Å². The van der Waals surface area contributed by atoms with Crippen LogP contribution in [0.3, 0.4) is 0 Å². The van der Waals surface area contributed by atoms with E-state index >= 15 is 0 Å². The van der Waals surface area contributed by atoms with Crippen molar-refractivity contribution in [2.24, 2.45) is 7.05 Å². The molecule has 3 rings (SSSR count). The number of hydrogen-bond donors (Lipinski definition) is 0. The molecule has 5 nitrogen and oxygen atoms in total. The number of piperidine rings is 1. The summed E-state index contributed by atoms with van der Waals surface area (Å²) in [5, 5.41) is 0. The van der Waals surface area contributed by atoms with Gasteiger partial charge in [0.15, 0.2) is 0 Å². The van der Waals surface area contributed by atoms with Gasteiger partial charge in [-0.05, 0) is 26.7 Å². The summed E-state index contributed by atoms with van der Waals surface area (Å²) in [5.74, 6) is 1.53. The lowest BCUT2D eigenvalue weighted by Gasteiger charge is -2.32. The molecule has 2 aromatic rings. The molecular formula is C15H20N4OS. The lowest BCUT2D eigenvalue weighted by molar-refractivity contribution is 0.0707. The average Bonchev–Trinajstić information content (AvgIpc) is 3.03. The van der Waals surface area contributed by atoms with Gasteiger partial charge in [-0.15, -0.1) is 11.3 Å². The molecule has 3 heterocycles. The first-order valence-electron chi connectivity index (χ1n) is 7.25. The van der Waals surface area contributed by atoms with E-state index in [1.54, 1.807) is 5.51 Å². The average molecular weight is 304 g/mol. The normalized spacial score (nSPS) is 19.0. The van der Waals surface area contributed by atoms with Crippen LogP contribution >= 0.6 is 11.3 Å². The molecule has 0 bridgehead atoms. The maximum Gasteiger partial charge on any atom is 0.265 e. The SMILES string of the molecule is Cc1cn(C)c([C@H]2CCCN(C(=O)c3scnc3C)C2)n1. The van der Waals surface area contributed by atoms with Gasteiger partial charge in [0.05, 0.1) is 16.9 Å². The molecule has 1 amide bonds. The summed E-state index contributed by atoms with van der Waals surface area (Å²) in [7, 11) is 2.03. The first-order valence-corrected chi connectivity index (χ1v) is 8.13. The topological polar surface area (TPSA) is 51.0 Å². The Bertz CT molecular complexity index is 660. The van der Waals surface area contributed by atoms with Crippen molar-refractivity contribution in [1.82, 2.24) is 19.4 Å². The maximum absolute atomic E-state index is 12.6. The first-order chi connectivity index (χ1) is 10.1. The summed E-state index contributed by atoms with van der Waals surface area (Å²) >= 11 is 1.43. The Hall–Kier alpha value is -1.69. The second-order valence-corrected chi connectivity index (χ2v) is 6.56. The minimum Gasteiger partial charge on any atom is -0.337 e. The van der Waals surface area contributed by atoms with Crippen LogP contribution in [0.4, 0.5) is 0 Å². The number of carbonyl (C=O) groups is 1. The molecule has 0 aromatic carbocycles. The molecule has 2 aromatic heterocycles. The Morgan fingerprint density at radius 1 is 1.43 bits per heavy atom. The Balaban J connectivity index is 1.79. The zero-order chi connectivity index (χ0) is 15.0. The van der Waals surface area contributed by atoms with Gasteiger partial charge in [0.1, 0.15) is 10.7 Å². The maximum atomic E-state index is 12.6. The van der Waals surface area contributed by atoms with Crippen LogP contribution in [0.1, 0.15) is 45.6 Å². The van der Waals surface area contributed by atoms with Crippen LogP contribution in [0, 0.1) is 13.8 Å². The Labute approximate surface area is 128 Å². The number of aryl methyl sites for hydroxylation is 3. The van der Waals surface area contributed by atoms with Crippen molar-refractivity contribution in [3.63, 3.8) is 0 Å². The standard InChI is InChI=1S/C15H20N4OS/c1-10-7-18(3)14(17-10)12-5-4-6-19(8-12)15(20)13-11(2)16-9-21-13/h7,9,12H,4-6,8H2,1-3H3/t12-/m0/s1. The Morgan fingerprint density at radius 3 is 2.86 bits per heavy atom. The fourth-order valence-electron chi connectivity index (χ4n) is 3.04. The zero-order valence-electron chi connectivity index (χ0n) is 12.7. The molecule has 1 atom stereocenters. The third-order valence-electron chi connectivity index (χ3n) is 4.05. The van der Waals surface area contributed by atoms with Crippen molar-refractivity contribution in [1.29, 1.82) is 0 Å². The predicted octanol–water partition coefficient (Wildman–Crippen LogP) is 2.51. The second kappa shape index (κ2) is 5.60. The lowest BCUT2D eigenvalue weighted by Crippen LogP contribution is -2.39. The van der Waals surface area contributed by atoms with E-state index in [0.717, 1.165) is 48.0 Å². The highest BCUT2D eigenvalue weighted by atomic mass is 32.1. The molecule has 6 heteroatoms. The number of thiazole rings is 1. The molecule has 1 fully saturated rings. The van der Waals surface area contributed by atoms with E-state index in [-0.39, 0.29) is 5.91 Å². The Kier molecular flexibility index (Phi) is 3.80. The number of carbonyl (C=O) groups excluding carboxylic acids is 1. The third kappa shape index (κ3) is 2.72. The molecule has 1 aliphatic rings. The van der Waals surface area contributed by atoms with Crippen LogP contribution < -0.4 is 0 Å². The summed E-state index contributed by atoms with van der Waals surface area (Å²) in [5.41, 5.74) is 3.61. The van der Waals surface area contributed by atoms with Gasteiger partial charge in [0.2, 0.25) is 0 Å². The molecule has 0 unspecified atom stereocenters. The van der Waals surface area contributed by atoms with Crippen molar-refractivity contribution < 1.29 is 4.79 Å². The molecule has 1 aliphatic heterocycles. The van der Waals surface area contributed by atoms with Gasteiger partial charge in [-0.2, -0.15) is 0 Å². The van der Waals surface area contributed by atoms with Crippen molar-refractivity contribution in [3.8, 4) is 0 Å². The molecule has 0 aliphatic carbocycles. The molecule has 0 saturated carbocycles. The van der Waals surface area contributed by atoms with Crippen LogP contribution in [-0.2, 0) is 7.05 Å². The van der Waals surface area contributed by atoms with Gasteiger partial charge in [-0.3, -0.25) is 4.79 Å². The highest BCUT2D eigenvalue weighted by Crippen LogP contribution is 2.28. The predicted molar refractivity (Wildman–Crippen MR) is 82.7 cm³/mol. The summed E-state index contributed by atoms with van der Waals surface area (Å²) in [6, 6.07) is 0. The van der Waals surface area contributed by atoms with E-state index in [2.05, 4.69) is 14.5 Å². The fraction of sp³-hybridized carbons (Fsp3) is 0.533. The third-order valence-corrected chi connectivity index (χ3v) is 4.96. The highest BCUT2D eigenvalue weighted by Gasteiger charge is 2.29. The number of nitrogens with zero attached hydrogens (tertiary/aromatic N) is 4. The molecule has 0 spiro atoms. The van der Waals surface area contributed by atoms with Crippen molar-refractivity contribution >= 4 is 17.2 Å². The minimum atomic E-state index is 0.116. The summed E-state index contributed by atoms with van der Waals surface area (Å²) in [6.45, 7) is 5.49. The number of rotatable bonds is 2. The minimum absolute atomic E-state index is 0.116. The molecule has 112 valence electrons. The largest absolute Gasteiger partial charge is 0.337 e. The van der Waals surface area contributed by atoms with Gasteiger partial charge in [-0.25, -0.2) is 9.97 Å². The number of aromatic nitrogens is 3. The number of imidazole rings is 1. The number of likely N-dealkylation sites (tertiary alicyclic amines) is 1. The molecular weight excluding hydrogens is 284 g/mol. The van der Waals surface area contributed by atoms with Crippen LogP contribution in [0.2, 0.25) is 0 Å². The summed E-state index contributed by atoms with van der Waals surface area (Å²) in [4.78, 5) is 24.1. The van der Waals surface area contributed by atoms with Gasteiger partial charge < -0.3 is 9.47 Å². The summed E-state index contributed by atoms with van der Waals surface area (Å²) in [6.07, 6.45) is 4.17. The van der Waals surface area contributed by atoms with E-state index in [1.165, 1.54) is 11.3 Å². The molecule has 0 N–H and O–H groups in total.